The van der Waals surface area contributed by atoms with Crippen LogP contribution >= 0.6 is 27.5 Å². The van der Waals surface area contributed by atoms with Crippen LogP contribution in [0.4, 0.5) is 0 Å². The molecule has 2 rings (SSSR count). The number of phenolic OH excluding ortho intramolecular Hbond substituents is 1. The summed E-state index contributed by atoms with van der Waals surface area (Å²) in [6.45, 7) is 2.00. The van der Waals surface area contributed by atoms with Crippen LogP contribution in [0.1, 0.15) is 11.6 Å². The molecule has 1 heterocycles. The molecule has 3 nitrogen and oxygen atoms in total. The summed E-state index contributed by atoms with van der Waals surface area (Å²) in [5, 5.41) is 13.7. The van der Waals surface area contributed by atoms with E-state index in [1.165, 1.54) is 0 Å². The van der Waals surface area contributed by atoms with Gasteiger partial charge < -0.3 is 15.2 Å². The van der Waals surface area contributed by atoms with Gasteiger partial charge in [0.25, 0.3) is 0 Å². The summed E-state index contributed by atoms with van der Waals surface area (Å²) in [7, 11) is 0. The molecule has 1 atom stereocenters. The van der Waals surface area contributed by atoms with Crippen LogP contribution in [-0.4, -0.2) is 24.9 Å². The van der Waals surface area contributed by atoms with Crippen molar-refractivity contribution in [3.63, 3.8) is 0 Å². The second-order valence-electron chi connectivity index (χ2n) is 3.37. The monoisotopic (exact) mass is 291 g/mol. The van der Waals surface area contributed by atoms with E-state index in [-0.39, 0.29) is 11.8 Å². The van der Waals surface area contributed by atoms with Crippen molar-refractivity contribution in [2.45, 2.75) is 6.04 Å². The Labute approximate surface area is 102 Å². The van der Waals surface area contributed by atoms with Gasteiger partial charge in [-0.2, -0.15) is 0 Å². The van der Waals surface area contributed by atoms with E-state index in [4.69, 9.17) is 16.3 Å². The van der Waals surface area contributed by atoms with E-state index >= 15 is 0 Å². The summed E-state index contributed by atoms with van der Waals surface area (Å²) in [5.41, 5.74) is 0.700. The third-order valence-corrected chi connectivity index (χ3v) is 3.35. The van der Waals surface area contributed by atoms with Crippen molar-refractivity contribution < 1.29 is 9.84 Å². The van der Waals surface area contributed by atoms with Crippen molar-refractivity contribution in [1.82, 2.24) is 5.32 Å². The Bertz CT molecular complexity index is 367. The number of benzene rings is 1. The molecule has 1 aliphatic rings. The minimum atomic E-state index is -0.0382. The molecule has 5 heteroatoms. The Morgan fingerprint density at radius 2 is 2.33 bits per heavy atom. The predicted molar refractivity (Wildman–Crippen MR) is 62.4 cm³/mol. The Balaban J connectivity index is 2.36. The van der Waals surface area contributed by atoms with E-state index in [1.807, 2.05) is 0 Å². The van der Waals surface area contributed by atoms with Crippen molar-refractivity contribution in [2.75, 3.05) is 19.8 Å². The normalized spacial score (nSPS) is 21.6. The highest BCUT2D eigenvalue weighted by Crippen LogP contribution is 2.37. The van der Waals surface area contributed by atoms with E-state index < -0.39 is 0 Å². The topological polar surface area (TPSA) is 41.5 Å². The number of rotatable bonds is 1. The minimum Gasteiger partial charge on any atom is -0.506 e. The first-order valence-electron chi connectivity index (χ1n) is 4.68. The van der Waals surface area contributed by atoms with Crippen LogP contribution in [-0.2, 0) is 4.74 Å². The van der Waals surface area contributed by atoms with Gasteiger partial charge in [0.1, 0.15) is 5.75 Å². The number of hydrogen-bond acceptors (Lipinski definition) is 3. The fourth-order valence-corrected chi connectivity index (χ4v) is 2.27. The smallest absolute Gasteiger partial charge is 0.136 e. The maximum absolute atomic E-state index is 9.90. The summed E-state index contributed by atoms with van der Waals surface area (Å²) < 4.78 is 5.99. The molecule has 0 aromatic heterocycles. The summed E-state index contributed by atoms with van der Waals surface area (Å²) in [5.74, 6) is 0.186. The number of nitrogens with one attached hydrogen (secondary N) is 1. The Kier molecular flexibility index (Phi) is 3.51. The van der Waals surface area contributed by atoms with Crippen LogP contribution in [0.3, 0.4) is 0 Å². The molecule has 1 aromatic rings. The van der Waals surface area contributed by atoms with Crippen LogP contribution < -0.4 is 5.32 Å². The zero-order valence-electron chi connectivity index (χ0n) is 7.96. The highest BCUT2D eigenvalue weighted by atomic mass is 79.9. The quantitative estimate of drug-likeness (QED) is 0.835. The Hall–Kier alpha value is -0.290. The van der Waals surface area contributed by atoms with Gasteiger partial charge in [0.05, 0.1) is 23.7 Å². The molecule has 0 amide bonds. The first kappa shape index (κ1) is 11.2. The standard InChI is InChI=1S/C10H11BrClNO2/c11-6-1-2-7(12)9(10(6)14)8-5-15-4-3-13-8/h1-2,8,13-14H,3-5H2/t8-/m0/s1. The fraction of sp³-hybridized carbons (Fsp3) is 0.400. The Morgan fingerprint density at radius 1 is 1.53 bits per heavy atom. The molecule has 0 saturated carbocycles. The van der Waals surface area contributed by atoms with Crippen molar-refractivity contribution >= 4 is 27.5 Å². The molecule has 0 radical (unpaired) electrons. The maximum Gasteiger partial charge on any atom is 0.136 e. The van der Waals surface area contributed by atoms with E-state index in [9.17, 15) is 5.11 Å². The van der Waals surface area contributed by atoms with Crippen molar-refractivity contribution in [1.29, 1.82) is 0 Å². The average Bonchev–Trinajstić information content (AvgIpc) is 2.26. The zero-order chi connectivity index (χ0) is 10.8. The van der Waals surface area contributed by atoms with Crippen molar-refractivity contribution in [3.8, 4) is 5.75 Å². The molecule has 0 bridgehead atoms. The molecule has 1 aromatic carbocycles. The van der Waals surface area contributed by atoms with Gasteiger partial charge in [-0.05, 0) is 28.1 Å². The second kappa shape index (κ2) is 4.70. The fourth-order valence-electron chi connectivity index (χ4n) is 1.64. The molecule has 1 saturated heterocycles. The van der Waals surface area contributed by atoms with E-state index in [2.05, 4.69) is 21.2 Å². The lowest BCUT2D eigenvalue weighted by molar-refractivity contribution is 0.0761. The number of morpholine rings is 1. The average molecular weight is 293 g/mol. The first-order valence-corrected chi connectivity index (χ1v) is 5.85. The first-order chi connectivity index (χ1) is 7.20. The van der Waals surface area contributed by atoms with Crippen LogP contribution in [0.15, 0.2) is 16.6 Å². The van der Waals surface area contributed by atoms with Crippen molar-refractivity contribution in [2.24, 2.45) is 0 Å². The minimum absolute atomic E-state index is 0.0382. The van der Waals surface area contributed by atoms with Gasteiger partial charge in [-0.15, -0.1) is 0 Å². The van der Waals surface area contributed by atoms with Gasteiger partial charge in [0.15, 0.2) is 0 Å². The molecular formula is C10H11BrClNO2. The molecule has 2 N–H and O–H groups in total. The van der Waals surface area contributed by atoms with E-state index in [0.717, 1.165) is 6.54 Å². The van der Waals surface area contributed by atoms with Gasteiger partial charge in [0, 0.05) is 17.1 Å². The van der Waals surface area contributed by atoms with E-state index in [1.54, 1.807) is 12.1 Å². The third-order valence-electron chi connectivity index (χ3n) is 2.38. The maximum atomic E-state index is 9.90. The van der Waals surface area contributed by atoms with Crippen LogP contribution in [0.2, 0.25) is 5.02 Å². The van der Waals surface area contributed by atoms with Gasteiger partial charge in [-0.25, -0.2) is 0 Å². The number of phenols is 1. The van der Waals surface area contributed by atoms with Crippen molar-refractivity contribution in [3.05, 3.63) is 27.2 Å². The molecule has 82 valence electrons. The highest BCUT2D eigenvalue weighted by Gasteiger charge is 2.22. The second-order valence-corrected chi connectivity index (χ2v) is 4.63. The number of hydrogen-bond donors (Lipinski definition) is 2. The third kappa shape index (κ3) is 2.28. The number of halogens is 2. The van der Waals surface area contributed by atoms with Gasteiger partial charge in [0.2, 0.25) is 0 Å². The molecule has 0 spiro atoms. The summed E-state index contributed by atoms with van der Waals surface area (Å²) in [6.07, 6.45) is 0. The zero-order valence-corrected chi connectivity index (χ0v) is 10.3. The highest BCUT2D eigenvalue weighted by molar-refractivity contribution is 9.10. The van der Waals surface area contributed by atoms with Crippen LogP contribution in [0.5, 0.6) is 5.75 Å². The lowest BCUT2D eigenvalue weighted by Crippen LogP contribution is -2.34. The molecule has 15 heavy (non-hydrogen) atoms. The molecular weight excluding hydrogens is 281 g/mol. The lowest BCUT2D eigenvalue weighted by atomic mass is 10.1. The predicted octanol–water partition coefficient (Wildman–Crippen LogP) is 2.47. The lowest BCUT2D eigenvalue weighted by Gasteiger charge is -2.25. The summed E-state index contributed by atoms with van der Waals surface area (Å²) in [6, 6.07) is 3.45. The molecule has 0 unspecified atom stereocenters. The summed E-state index contributed by atoms with van der Waals surface area (Å²) >= 11 is 9.33. The Morgan fingerprint density at radius 3 is 3.00 bits per heavy atom. The van der Waals surface area contributed by atoms with Gasteiger partial charge in [-0.1, -0.05) is 11.6 Å². The van der Waals surface area contributed by atoms with Crippen LogP contribution in [0.25, 0.3) is 0 Å². The van der Waals surface area contributed by atoms with E-state index in [0.29, 0.717) is 28.3 Å². The number of aromatic hydroxyl groups is 1. The van der Waals surface area contributed by atoms with Crippen LogP contribution in [0, 0.1) is 0 Å². The summed E-state index contributed by atoms with van der Waals surface area (Å²) in [4.78, 5) is 0. The van der Waals surface area contributed by atoms with Gasteiger partial charge in [-0.3, -0.25) is 0 Å². The molecule has 1 fully saturated rings. The largest absolute Gasteiger partial charge is 0.506 e. The number of ether oxygens (including phenoxy) is 1. The SMILES string of the molecule is Oc1c(Br)ccc(Cl)c1[C@@H]1COCCN1. The van der Waals surface area contributed by atoms with Gasteiger partial charge >= 0.3 is 0 Å². The molecule has 1 aliphatic heterocycles. The molecule has 0 aliphatic carbocycles.